The van der Waals surface area contributed by atoms with Gasteiger partial charge < -0.3 is 5.11 Å². The van der Waals surface area contributed by atoms with E-state index in [2.05, 4.69) is 0 Å². The molecule has 3 nitrogen and oxygen atoms in total. The number of aliphatic carboxylic acids is 1. The molecule has 3 aromatic carbocycles. The van der Waals surface area contributed by atoms with Crippen LogP contribution in [0.15, 0.2) is 66.7 Å². The van der Waals surface area contributed by atoms with Crippen molar-refractivity contribution in [1.29, 1.82) is 0 Å². The first kappa shape index (κ1) is 19.1. The van der Waals surface area contributed by atoms with Gasteiger partial charge in [0.2, 0.25) is 0 Å². The van der Waals surface area contributed by atoms with Crippen molar-refractivity contribution in [3.8, 4) is 22.4 Å². The number of benzene rings is 3. The molecular formula is C24H17ClFNO2. The van der Waals surface area contributed by atoms with Crippen LogP contribution in [0.25, 0.3) is 33.3 Å². The number of fused-ring (bicyclic) bond motifs is 1. The number of hydrogen-bond donors (Lipinski definition) is 1. The summed E-state index contributed by atoms with van der Waals surface area (Å²) in [5.41, 5.74) is 4.30. The molecule has 0 aliphatic rings. The number of carbonyl (C=O) groups is 1. The summed E-state index contributed by atoms with van der Waals surface area (Å²) in [6, 6.07) is 19.2. The maximum Gasteiger partial charge on any atom is 0.307 e. The van der Waals surface area contributed by atoms with Gasteiger partial charge in [-0.2, -0.15) is 0 Å². The third kappa shape index (κ3) is 3.71. The van der Waals surface area contributed by atoms with Crippen molar-refractivity contribution in [2.75, 3.05) is 0 Å². The predicted molar refractivity (Wildman–Crippen MR) is 114 cm³/mol. The Balaban J connectivity index is 2.16. The highest BCUT2D eigenvalue weighted by Crippen LogP contribution is 2.39. The largest absolute Gasteiger partial charge is 0.481 e. The lowest BCUT2D eigenvalue weighted by atomic mass is 9.90. The maximum atomic E-state index is 14.8. The van der Waals surface area contributed by atoms with Crippen LogP contribution in [0.2, 0.25) is 5.02 Å². The molecule has 1 heterocycles. The molecule has 0 unspecified atom stereocenters. The van der Waals surface area contributed by atoms with Gasteiger partial charge in [0.1, 0.15) is 5.82 Å². The van der Waals surface area contributed by atoms with Gasteiger partial charge in [-0.05, 0) is 42.3 Å². The number of pyridine rings is 1. The van der Waals surface area contributed by atoms with Crippen molar-refractivity contribution >= 4 is 28.5 Å². The molecule has 0 aliphatic carbocycles. The van der Waals surface area contributed by atoms with Crippen LogP contribution in [-0.2, 0) is 11.2 Å². The van der Waals surface area contributed by atoms with E-state index in [0.717, 1.165) is 11.1 Å². The predicted octanol–water partition coefficient (Wildman–Crippen LogP) is 6.30. The van der Waals surface area contributed by atoms with Gasteiger partial charge in [0.25, 0.3) is 0 Å². The Hall–Kier alpha value is -3.24. The molecule has 29 heavy (non-hydrogen) atoms. The molecule has 1 N–H and O–H groups in total. The summed E-state index contributed by atoms with van der Waals surface area (Å²) in [6.45, 7) is 1.97. The highest BCUT2D eigenvalue weighted by atomic mass is 35.5. The second-order valence-electron chi connectivity index (χ2n) is 6.89. The second kappa shape index (κ2) is 7.64. The average molecular weight is 406 g/mol. The first-order chi connectivity index (χ1) is 13.9. The van der Waals surface area contributed by atoms with Crippen LogP contribution in [0.5, 0.6) is 0 Å². The smallest absolute Gasteiger partial charge is 0.307 e. The fourth-order valence-electron chi connectivity index (χ4n) is 3.52. The minimum Gasteiger partial charge on any atom is -0.481 e. The zero-order valence-corrected chi connectivity index (χ0v) is 16.4. The number of halogens is 2. The van der Waals surface area contributed by atoms with E-state index < -0.39 is 11.8 Å². The van der Waals surface area contributed by atoms with Crippen LogP contribution < -0.4 is 0 Å². The molecule has 0 aliphatic heterocycles. The lowest BCUT2D eigenvalue weighted by molar-refractivity contribution is -0.136. The van der Waals surface area contributed by atoms with Gasteiger partial charge in [-0.1, -0.05) is 59.6 Å². The first-order valence-corrected chi connectivity index (χ1v) is 9.47. The van der Waals surface area contributed by atoms with Gasteiger partial charge in [0.05, 0.1) is 17.6 Å². The summed E-state index contributed by atoms with van der Waals surface area (Å²) in [7, 11) is 0. The highest BCUT2D eigenvalue weighted by molar-refractivity contribution is 6.31. The molecule has 5 heteroatoms. The minimum absolute atomic E-state index is 0.289. The zero-order valence-electron chi connectivity index (χ0n) is 15.6. The summed E-state index contributed by atoms with van der Waals surface area (Å²) in [5, 5.41) is 10.7. The van der Waals surface area contributed by atoms with Crippen LogP contribution in [-0.4, -0.2) is 16.1 Å². The van der Waals surface area contributed by atoms with Crippen molar-refractivity contribution in [3.63, 3.8) is 0 Å². The van der Waals surface area contributed by atoms with Gasteiger partial charge in [0.15, 0.2) is 0 Å². The molecule has 0 atom stereocenters. The van der Waals surface area contributed by atoms with Crippen molar-refractivity contribution in [3.05, 3.63) is 88.7 Å². The molecule has 0 radical (unpaired) electrons. The summed E-state index contributed by atoms with van der Waals surface area (Å²) in [4.78, 5) is 16.5. The van der Waals surface area contributed by atoms with Crippen molar-refractivity contribution < 1.29 is 14.3 Å². The average Bonchev–Trinajstić information content (AvgIpc) is 2.69. The van der Waals surface area contributed by atoms with E-state index >= 15 is 0 Å². The zero-order chi connectivity index (χ0) is 20.5. The standard InChI is InChI=1S/C24H17ClFNO2/c1-14-6-8-15(9-7-14)24-19(13-22(28)29)23(17-4-2-3-5-20(17)26)18-12-16(25)10-11-21(18)27-24/h2-12H,13H2,1H3,(H,28,29). The van der Waals surface area contributed by atoms with Crippen LogP contribution in [0.4, 0.5) is 4.39 Å². The van der Waals surface area contributed by atoms with Crippen LogP contribution in [0.3, 0.4) is 0 Å². The van der Waals surface area contributed by atoms with Gasteiger partial charge in [-0.3, -0.25) is 4.79 Å². The van der Waals surface area contributed by atoms with E-state index in [-0.39, 0.29) is 6.42 Å². The molecule has 144 valence electrons. The molecule has 4 rings (SSSR count). The van der Waals surface area contributed by atoms with Gasteiger partial charge in [-0.15, -0.1) is 0 Å². The number of carboxylic acid groups (broad SMARTS) is 1. The molecule has 0 saturated carbocycles. The Kier molecular flexibility index (Phi) is 5.03. The fraction of sp³-hybridized carbons (Fsp3) is 0.0833. The molecule has 0 spiro atoms. The number of rotatable bonds is 4. The summed E-state index contributed by atoms with van der Waals surface area (Å²) in [6.07, 6.45) is -0.289. The number of hydrogen-bond acceptors (Lipinski definition) is 2. The molecule has 0 amide bonds. The molecular weight excluding hydrogens is 389 g/mol. The molecule has 0 saturated heterocycles. The SMILES string of the molecule is Cc1ccc(-c2nc3ccc(Cl)cc3c(-c3ccccc3F)c2CC(=O)O)cc1. The topological polar surface area (TPSA) is 50.2 Å². The van der Waals surface area contributed by atoms with E-state index in [4.69, 9.17) is 16.6 Å². The Morgan fingerprint density at radius 2 is 1.79 bits per heavy atom. The van der Waals surface area contributed by atoms with E-state index in [1.807, 2.05) is 31.2 Å². The Morgan fingerprint density at radius 1 is 1.07 bits per heavy atom. The van der Waals surface area contributed by atoms with Crippen molar-refractivity contribution in [2.45, 2.75) is 13.3 Å². The first-order valence-electron chi connectivity index (χ1n) is 9.10. The fourth-order valence-corrected chi connectivity index (χ4v) is 3.69. The molecule has 0 fully saturated rings. The lowest BCUT2D eigenvalue weighted by Gasteiger charge is -2.18. The summed E-state index contributed by atoms with van der Waals surface area (Å²) < 4.78 is 14.8. The monoisotopic (exact) mass is 405 g/mol. The van der Waals surface area contributed by atoms with E-state index in [0.29, 0.717) is 38.3 Å². The Morgan fingerprint density at radius 3 is 2.48 bits per heavy atom. The third-order valence-corrected chi connectivity index (χ3v) is 5.08. The number of aromatic nitrogens is 1. The van der Waals surface area contributed by atoms with Crippen molar-refractivity contribution in [1.82, 2.24) is 4.98 Å². The van der Waals surface area contributed by atoms with E-state index in [9.17, 15) is 14.3 Å². The summed E-state index contributed by atoms with van der Waals surface area (Å²) in [5.74, 6) is -1.44. The van der Waals surface area contributed by atoms with Crippen molar-refractivity contribution in [2.24, 2.45) is 0 Å². The van der Waals surface area contributed by atoms with Crippen LogP contribution >= 0.6 is 11.6 Å². The Bertz CT molecular complexity index is 1240. The molecule has 1 aromatic heterocycles. The van der Waals surface area contributed by atoms with Gasteiger partial charge in [0, 0.05) is 21.5 Å². The quantitative estimate of drug-likeness (QED) is 0.433. The van der Waals surface area contributed by atoms with Gasteiger partial charge >= 0.3 is 5.97 Å². The van der Waals surface area contributed by atoms with Gasteiger partial charge in [-0.25, -0.2) is 9.37 Å². The Labute approximate surface area is 172 Å². The van der Waals surface area contributed by atoms with E-state index in [1.165, 1.54) is 6.07 Å². The van der Waals surface area contributed by atoms with E-state index in [1.54, 1.807) is 36.4 Å². The van der Waals surface area contributed by atoms with Crippen LogP contribution in [0, 0.1) is 12.7 Å². The number of carboxylic acids is 1. The lowest BCUT2D eigenvalue weighted by Crippen LogP contribution is -2.07. The van der Waals surface area contributed by atoms with Crippen LogP contribution in [0.1, 0.15) is 11.1 Å². The highest BCUT2D eigenvalue weighted by Gasteiger charge is 2.22. The maximum absolute atomic E-state index is 14.8. The third-order valence-electron chi connectivity index (χ3n) is 4.84. The number of nitrogens with zero attached hydrogens (tertiary/aromatic N) is 1. The molecule has 4 aromatic rings. The second-order valence-corrected chi connectivity index (χ2v) is 7.33. The minimum atomic E-state index is -1.01. The normalized spacial score (nSPS) is 11.0. The molecule has 0 bridgehead atoms. The number of aryl methyl sites for hydroxylation is 1. The summed E-state index contributed by atoms with van der Waals surface area (Å²) >= 11 is 6.21.